The minimum atomic E-state index is 0.534. The van der Waals surface area contributed by atoms with Gasteiger partial charge in [0.25, 0.3) is 0 Å². The van der Waals surface area contributed by atoms with Gasteiger partial charge in [-0.05, 0) is 30.3 Å². The number of ether oxygens (including phenoxy) is 2. The van der Waals surface area contributed by atoms with Crippen LogP contribution in [0.15, 0.2) is 70.7 Å². The number of nitrogens with zero attached hydrogens (tertiary/aromatic N) is 4. The van der Waals surface area contributed by atoms with E-state index >= 15 is 0 Å². The van der Waals surface area contributed by atoms with E-state index in [0.717, 1.165) is 39.4 Å². The van der Waals surface area contributed by atoms with Crippen LogP contribution in [0, 0.1) is 0 Å². The number of rotatable bonds is 8. The first kappa shape index (κ1) is 19.1. The summed E-state index contributed by atoms with van der Waals surface area (Å²) in [7, 11) is 3.29. The van der Waals surface area contributed by atoms with E-state index < -0.39 is 0 Å². The van der Waals surface area contributed by atoms with Crippen LogP contribution >= 0.6 is 11.8 Å². The molecule has 7 nitrogen and oxygen atoms in total. The molecule has 4 rings (SSSR count). The Balaban J connectivity index is 1.63. The standard InChI is InChI=1S/C21H20N4O3S/c1-26-17-8-7-16(19(11-17)27-2)14-29-21-24-23-20(15-5-3-9-22-12-15)25(21)13-18-6-4-10-28-18/h3-12H,13-14H2,1-2H3. The fourth-order valence-electron chi connectivity index (χ4n) is 2.92. The Hall–Kier alpha value is -3.26. The molecule has 0 bridgehead atoms. The van der Waals surface area contributed by atoms with Crippen molar-refractivity contribution in [2.24, 2.45) is 0 Å². The number of methoxy groups -OCH3 is 2. The summed E-state index contributed by atoms with van der Waals surface area (Å²) in [6.07, 6.45) is 5.18. The van der Waals surface area contributed by atoms with Crippen LogP contribution in [-0.4, -0.2) is 34.0 Å². The molecule has 0 radical (unpaired) electrons. The van der Waals surface area contributed by atoms with Crippen LogP contribution in [0.1, 0.15) is 11.3 Å². The summed E-state index contributed by atoms with van der Waals surface area (Å²) in [5.74, 6) is 3.80. The Bertz CT molecular complexity index is 1060. The smallest absolute Gasteiger partial charge is 0.192 e. The summed E-state index contributed by atoms with van der Waals surface area (Å²) >= 11 is 1.59. The van der Waals surface area contributed by atoms with Gasteiger partial charge in [-0.2, -0.15) is 0 Å². The number of hydrogen-bond donors (Lipinski definition) is 0. The first-order valence-corrected chi connectivity index (χ1v) is 9.96. The molecule has 0 saturated carbocycles. The molecule has 148 valence electrons. The van der Waals surface area contributed by atoms with Gasteiger partial charge >= 0.3 is 0 Å². The van der Waals surface area contributed by atoms with Crippen LogP contribution in [0.2, 0.25) is 0 Å². The Labute approximate surface area is 172 Å². The van der Waals surface area contributed by atoms with Crippen LogP contribution in [0.4, 0.5) is 0 Å². The topological polar surface area (TPSA) is 75.2 Å². The molecule has 0 unspecified atom stereocenters. The van der Waals surface area contributed by atoms with Gasteiger partial charge in [-0.1, -0.05) is 17.8 Å². The highest BCUT2D eigenvalue weighted by atomic mass is 32.2. The van der Waals surface area contributed by atoms with E-state index in [-0.39, 0.29) is 0 Å². The average molecular weight is 408 g/mol. The minimum absolute atomic E-state index is 0.534. The van der Waals surface area contributed by atoms with Gasteiger partial charge < -0.3 is 13.9 Å². The largest absolute Gasteiger partial charge is 0.497 e. The second kappa shape index (κ2) is 8.83. The highest BCUT2D eigenvalue weighted by molar-refractivity contribution is 7.98. The molecule has 3 aromatic heterocycles. The lowest BCUT2D eigenvalue weighted by Crippen LogP contribution is -2.04. The van der Waals surface area contributed by atoms with E-state index in [1.54, 1.807) is 44.6 Å². The maximum atomic E-state index is 5.54. The second-order valence-corrected chi connectivity index (χ2v) is 7.12. The summed E-state index contributed by atoms with van der Waals surface area (Å²) in [5.41, 5.74) is 1.95. The Morgan fingerprint density at radius 3 is 2.72 bits per heavy atom. The molecule has 3 heterocycles. The molecule has 0 saturated heterocycles. The van der Waals surface area contributed by atoms with Gasteiger partial charge in [0.1, 0.15) is 17.3 Å². The second-order valence-electron chi connectivity index (χ2n) is 6.18. The van der Waals surface area contributed by atoms with Gasteiger partial charge in [0.2, 0.25) is 0 Å². The predicted octanol–water partition coefficient (Wildman–Crippen LogP) is 4.29. The Morgan fingerprint density at radius 1 is 1.07 bits per heavy atom. The van der Waals surface area contributed by atoms with Crippen LogP contribution in [0.5, 0.6) is 11.5 Å². The van der Waals surface area contributed by atoms with Gasteiger partial charge in [0.05, 0.1) is 27.0 Å². The van der Waals surface area contributed by atoms with Crippen molar-refractivity contribution in [1.82, 2.24) is 19.7 Å². The fraction of sp³-hybridized carbons (Fsp3) is 0.190. The van der Waals surface area contributed by atoms with Crippen molar-refractivity contribution >= 4 is 11.8 Å². The third kappa shape index (κ3) is 4.27. The highest BCUT2D eigenvalue weighted by Gasteiger charge is 2.17. The molecule has 0 atom stereocenters. The Morgan fingerprint density at radius 2 is 2.00 bits per heavy atom. The van der Waals surface area contributed by atoms with Gasteiger partial charge in [-0.3, -0.25) is 9.55 Å². The van der Waals surface area contributed by atoms with E-state index in [9.17, 15) is 0 Å². The molecule has 8 heteroatoms. The van der Waals surface area contributed by atoms with Crippen molar-refractivity contribution in [3.05, 3.63) is 72.4 Å². The van der Waals surface area contributed by atoms with Crippen molar-refractivity contribution < 1.29 is 13.9 Å². The van der Waals surface area contributed by atoms with Crippen LogP contribution < -0.4 is 9.47 Å². The molecule has 0 spiro atoms. The third-order valence-corrected chi connectivity index (χ3v) is 5.40. The molecule has 0 aliphatic heterocycles. The average Bonchev–Trinajstić information content (AvgIpc) is 3.43. The zero-order valence-corrected chi connectivity index (χ0v) is 16.9. The summed E-state index contributed by atoms with van der Waals surface area (Å²) in [6.45, 7) is 0.534. The van der Waals surface area contributed by atoms with Crippen LogP contribution in [0.25, 0.3) is 11.4 Å². The molecular formula is C21H20N4O3S. The zero-order valence-electron chi connectivity index (χ0n) is 16.1. The molecule has 0 aliphatic rings. The fourth-order valence-corrected chi connectivity index (χ4v) is 3.85. The lowest BCUT2D eigenvalue weighted by molar-refractivity contribution is 0.392. The minimum Gasteiger partial charge on any atom is -0.497 e. The molecular weight excluding hydrogens is 388 g/mol. The van der Waals surface area contributed by atoms with E-state index in [1.807, 2.05) is 47.0 Å². The number of hydrogen-bond acceptors (Lipinski definition) is 7. The predicted molar refractivity (Wildman–Crippen MR) is 110 cm³/mol. The first-order chi connectivity index (χ1) is 14.3. The molecule has 29 heavy (non-hydrogen) atoms. The summed E-state index contributed by atoms with van der Waals surface area (Å²) in [5, 5.41) is 9.62. The number of aromatic nitrogens is 4. The zero-order chi connectivity index (χ0) is 20.1. The Kier molecular flexibility index (Phi) is 5.81. The first-order valence-electron chi connectivity index (χ1n) is 8.98. The molecule has 0 aliphatic carbocycles. The molecule has 4 aromatic rings. The quantitative estimate of drug-likeness (QED) is 0.403. The lowest BCUT2D eigenvalue weighted by atomic mass is 10.2. The summed E-state index contributed by atoms with van der Waals surface area (Å²) < 4.78 is 18.4. The number of benzene rings is 1. The number of furan rings is 1. The molecule has 0 fully saturated rings. The molecule has 0 N–H and O–H groups in total. The summed E-state index contributed by atoms with van der Waals surface area (Å²) in [4.78, 5) is 4.20. The summed E-state index contributed by atoms with van der Waals surface area (Å²) in [6, 6.07) is 13.5. The van der Waals surface area contributed by atoms with Crippen LogP contribution in [0.3, 0.4) is 0 Å². The van der Waals surface area contributed by atoms with Gasteiger partial charge in [-0.25, -0.2) is 0 Å². The van der Waals surface area contributed by atoms with Crippen molar-refractivity contribution in [3.8, 4) is 22.9 Å². The highest BCUT2D eigenvalue weighted by Crippen LogP contribution is 2.32. The third-order valence-electron chi connectivity index (χ3n) is 4.38. The maximum Gasteiger partial charge on any atom is 0.192 e. The number of pyridine rings is 1. The van der Waals surface area contributed by atoms with Crippen LogP contribution in [-0.2, 0) is 12.3 Å². The lowest BCUT2D eigenvalue weighted by Gasteiger charge is -2.11. The van der Waals surface area contributed by atoms with Gasteiger partial charge in [-0.15, -0.1) is 10.2 Å². The SMILES string of the molecule is COc1ccc(CSc2nnc(-c3cccnc3)n2Cc2ccco2)c(OC)c1. The monoisotopic (exact) mass is 408 g/mol. The van der Waals surface area contributed by atoms with E-state index in [0.29, 0.717) is 12.3 Å². The van der Waals surface area contributed by atoms with E-state index in [4.69, 9.17) is 13.9 Å². The van der Waals surface area contributed by atoms with E-state index in [1.165, 1.54) is 0 Å². The van der Waals surface area contributed by atoms with Crippen molar-refractivity contribution in [2.45, 2.75) is 17.5 Å². The van der Waals surface area contributed by atoms with E-state index in [2.05, 4.69) is 15.2 Å². The molecule has 1 aromatic carbocycles. The van der Waals surface area contributed by atoms with Gasteiger partial charge in [0.15, 0.2) is 11.0 Å². The van der Waals surface area contributed by atoms with Crippen molar-refractivity contribution in [2.75, 3.05) is 14.2 Å². The van der Waals surface area contributed by atoms with Crippen molar-refractivity contribution in [1.29, 1.82) is 0 Å². The molecule has 0 amide bonds. The van der Waals surface area contributed by atoms with Gasteiger partial charge in [0, 0.05) is 35.3 Å². The normalized spacial score (nSPS) is 10.8. The maximum absolute atomic E-state index is 5.54. The van der Waals surface area contributed by atoms with Crippen molar-refractivity contribution in [3.63, 3.8) is 0 Å². The number of thioether (sulfide) groups is 1.